The maximum atomic E-state index is 6.33. The Balaban J connectivity index is 1.09. The number of benzene rings is 8. The molecule has 0 aliphatic heterocycles. The van der Waals surface area contributed by atoms with Crippen LogP contribution < -0.4 is 0 Å². The maximum absolute atomic E-state index is 6.33. The molecule has 1 aliphatic rings. The van der Waals surface area contributed by atoms with Crippen LogP contribution in [-0.2, 0) is 5.41 Å². The second-order valence-electron chi connectivity index (χ2n) is 15.0. The summed E-state index contributed by atoms with van der Waals surface area (Å²) in [5.74, 6) is 0.709. The molecular formula is C51H34N2O. The van der Waals surface area contributed by atoms with Crippen LogP contribution in [-0.4, -0.2) is 9.97 Å². The molecule has 2 aromatic heterocycles. The van der Waals surface area contributed by atoms with Crippen LogP contribution >= 0.6 is 0 Å². The van der Waals surface area contributed by atoms with Crippen LogP contribution in [0.3, 0.4) is 0 Å². The highest BCUT2D eigenvalue weighted by Gasteiger charge is 2.37. The van der Waals surface area contributed by atoms with Gasteiger partial charge in [0.05, 0.1) is 11.4 Å². The molecule has 11 rings (SSSR count). The number of rotatable bonds is 4. The zero-order valence-corrected chi connectivity index (χ0v) is 30.0. The fourth-order valence-corrected chi connectivity index (χ4v) is 8.72. The molecular weight excluding hydrogens is 657 g/mol. The number of hydrogen-bond acceptors (Lipinski definition) is 3. The van der Waals surface area contributed by atoms with Gasteiger partial charge >= 0.3 is 0 Å². The van der Waals surface area contributed by atoms with Crippen molar-refractivity contribution in [1.82, 2.24) is 9.97 Å². The van der Waals surface area contributed by atoms with Crippen molar-refractivity contribution in [2.24, 2.45) is 0 Å². The molecule has 8 aromatic carbocycles. The fraction of sp³-hybridized carbons (Fsp3) is 0.0588. The maximum Gasteiger partial charge on any atom is 0.160 e. The molecule has 0 saturated heterocycles. The third kappa shape index (κ3) is 4.68. The normalized spacial score (nSPS) is 13.1. The van der Waals surface area contributed by atoms with Crippen LogP contribution in [0, 0.1) is 0 Å². The van der Waals surface area contributed by atoms with E-state index in [-0.39, 0.29) is 5.41 Å². The van der Waals surface area contributed by atoms with Crippen molar-refractivity contribution in [2.75, 3.05) is 0 Å². The van der Waals surface area contributed by atoms with E-state index in [1.807, 2.05) is 6.07 Å². The molecule has 254 valence electrons. The SMILES string of the molecule is CC1(C)c2cc3ccccc3cc2-c2c(-c3cc(-c4cccc(-c5ccc6oc7ccc8ccccc8c7c6c5)c4)nc(-c4ccccc4)n3)cccc21. The van der Waals surface area contributed by atoms with Gasteiger partial charge in [-0.25, -0.2) is 9.97 Å². The van der Waals surface area contributed by atoms with Crippen LogP contribution in [0.2, 0.25) is 0 Å². The van der Waals surface area contributed by atoms with E-state index in [0.717, 1.165) is 61.1 Å². The number of nitrogens with zero attached hydrogens (tertiary/aromatic N) is 2. The van der Waals surface area contributed by atoms with E-state index in [2.05, 4.69) is 178 Å². The van der Waals surface area contributed by atoms with Crippen molar-refractivity contribution in [1.29, 1.82) is 0 Å². The van der Waals surface area contributed by atoms with Crippen molar-refractivity contribution in [2.45, 2.75) is 19.3 Å². The van der Waals surface area contributed by atoms with Gasteiger partial charge in [0, 0.05) is 32.9 Å². The minimum absolute atomic E-state index is 0.148. The molecule has 0 saturated carbocycles. The summed E-state index contributed by atoms with van der Waals surface area (Å²) in [5.41, 5.74) is 14.1. The van der Waals surface area contributed by atoms with Crippen LogP contribution in [0.1, 0.15) is 25.0 Å². The summed E-state index contributed by atoms with van der Waals surface area (Å²) in [6, 6.07) is 60.6. The lowest BCUT2D eigenvalue weighted by atomic mass is 9.81. The van der Waals surface area contributed by atoms with Gasteiger partial charge in [0.1, 0.15) is 11.2 Å². The Morgan fingerprint density at radius 3 is 1.98 bits per heavy atom. The third-order valence-corrected chi connectivity index (χ3v) is 11.5. The Kier molecular flexibility index (Phi) is 6.60. The van der Waals surface area contributed by atoms with Gasteiger partial charge in [-0.15, -0.1) is 0 Å². The Bertz CT molecular complexity index is 3130. The molecule has 0 N–H and O–H groups in total. The molecule has 1 aliphatic carbocycles. The van der Waals surface area contributed by atoms with E-state index >= 15 is 0 Å². The highest BCUT2D eigenvalue weighted by atomic mass is 16.3. The second kappa shape index (κ2) is 11.6. The Labute approximate surface area is 313 Å². The zero-order valence-electron chi connectivity index (χ0n) is 30.0. The van der Waals surface area contributed by atoms with Crippen molar-refractivity contribution in [3.8, 4) is 56.2 Å². The van der Waals surface area contributed by atoms with E-state index < -0.39 is 0 Å². The smallest absolute Gasteiger partial charge is 0.160 e. The molecule has 0 bridgehead atoms. The predicted octanol–water partition coefficient (Wildman–Crippen LogP) is 13.7. The summed E-state index contributed by atoms with van der Waals surface area (Å²) in [4.78, 5) is 10.5. The van der Waals surface area contributed by atoms with E-state index in [1.54, 1.807) is 0 Å². The molecule has 0 fully saturated rings. The minimum atomic E-state index is -0.148. The number of furan rings is 1. The van der Waals surface area contributed by atoms with Crippen LogP contribution in [0.15, 0.2) is 174 Å². The van der Waals surface area contributed by atoms with Crippen LogP contribution in [0.4, 0.5) is 0 Å². The van der Waals surface area contributed by atoms with Gasteiger partial charge in [-0.1, -0.05) is 141 Å². The average Bonchev–Trinajstić information content (AvgIpc) is 3.71. The summed E-state index contributed by atoms with van der Waals surface area (Å²) in [5, 5.41) is 7.19. The van der Waals surface area contributed by atoms with Crippen molar-refractivity contribution >= 4 is 43.5 Å². The fourth-order valence-electron chi connectivity index (χ4n) is 8.72. The average molecular weight is 691 g/mol. The molecule has 0 atom stereocenters. The Morgan fingerprint density at radius 2 is 1.11 bits per heavy atom. The molecule has 0 unspecified atom stereocenters. The van der Waals surface area contributed by atoms with Gasteiger partial charge in [-0.2, -0.15) is 0 Å². The van der Waals surface area contributed by atoms with Gasteiger partial charge in [-0.3, -0.25) is 0 Å². The Hall–Kier alpha value is -6.84. The van der Waals surface area contributed by atoms with Crippen molar-refractivity contribution < 1.29 is 4.42 Å². The van der Waals surface area contributed by atoms with Crippen LogP contribution in [0.25, 0.3) is 99.6 Å². The standard InChI is InChI=1S/C51H34N2O/c1-51(2)42-21-11-20-39(48(42)40-27-34-15-6-7-16-35(34)29-43(40)51)45-30-44(52-50(53-45)32-13-4-3-5-14-32)37-18-10-17-33(26-37)36-23-24-46-41(28-36)49-38-19-9-8-12-31(38)22-25-47(49)54-46/h3-30H,1-2H3. The summed E-state index contributed by atoms with van der Waals surface area (Å²) >= 11 is 0. The first-order valence-corrected chi connectivity index (χ1v) is 18.6. The van der Waals surface area contributed by atoms with E-state index in [0.29, 0.717) is 5.82 Å². The highest BCUT2D eigenvalue weighted by Crippen LogP contribution is 2.53. The van der Waals surface area contributed by atoms with Crippen molar-refractivity contribution in [3.05, 3.63) is 181 Å². The molecule has 0 spiro atoms. The molecule has 0 radical (unpaired) electrons. The number of fused-ring (bicyclic) bond motifs is 9. The monoisotopic (exact) mass is 690 g/mol. The van der Waals surface area contributed by atoms with Gasteiger partial charge in [0.2, 0.25) is 0 Å². The lowest BCUT2D eigenvalue weighted by Crippen LogP contribution is -2.14. The zero-order chi connectivity index (χ0) is 36.0. The molecule has 3 heteroatoms. The predicted molar refractivity (Wildman–Crippen MR) is 224 cm³/mol. The van der Waals surface area contributed by atoms with E-state index in [4.69, 9.17) is 14.4 Å². The first-order chi connectivity index (χ1) is 26.5. The molecule has 3 nitrogen and oxygen atoms in total. The third-order valence-electron chi connectivity index (χ3n) is 11.5. The number of aromatic nitrogens is 2. The summed E-state index contributed by atoms with van der Waals surface area (Å²) in [6.07, 6.45) is 0. The highest BCUT2D eigenvalue weighted by molar-refractivity contribution is 6.19. The van der Waals surface area contributed by atoms with Gasteiger partial charge in [-0.05, 0) is 97.4 Å². The quantitative estimate of drug-likeness (QED) is 0.184. The molecule has 2 heterocycles. The summed E-state index contributed by atoms with van der Waals surface area (Å²) in [6.45, 7) is 4.68. The summed E-state index contributed by atoms with van der Waals surface area (Å²) < 4.78 is 6.33. The topological polar surface area (TPSA) is 38.9 Å². The summed E-state index contributed by atoms with van der Waals surface area (Å²) in [7, 11) is 0. The van der Waals surface area contributed by atoms with Gasteiger partial charge in [0.15, 0.2) is 5.82 Å². The van der Waals surface area contributed by atoms with E-state index in [1.165, 1.54) is 43.8 Å². The molecule has 0 amide bonds. The first kappa shape index (κ1) is 30.8. The lowest BCUT2D eigenvalue weighted by molar-refractivity contribution is 0.661. The Morgan fingerprint density at radius 1 is 0.426 bits per heavy atom. The first-order valence-electron chi connectivity index (χ1n) is 18.6. The second-order valence-corrected chi connectivity index (χ2v) is 15.0. The van der Waals surface area contributed by atoms with Gasteiger partial charge in [0.25, 0.3) is 0 Å². The molecule has 54 heavy (non-hydrogen) atoms. The lowest BCUT2D eigenvalue weighted by Gasteiger charge is -2.22. The molecule has 10 aromatic rings. The van der Waals surface area contributed by atoms with E-state index in [9.17, 15) is 0 Å². The van der Waals surface area contributed by atoms with Crippen molar-refractivity contribution in [3.63, 3.8) is 0 Å². The number of hydrogen-bond donors (Lipinski definition) is 0. The van der Waals surface area contributed by atoms with Crippen LogP contribution in [0.5, 0.6) is 0 Å². The largest absolute Gasteiger partial charge is 0.456 e. The van der Waals surface area contributed by atoms with Gasteiger partial charge < -0.3 is 4.42 Å². The minimum Gasteiger partial charge on any atom is -0.456 e.